The highest BCUT2D eigenvalue weighted by Gasteiger charge is 2.11. The molecule has 0 atom stereocenters. The van der Waals surface area contributed by atoms with Crippen LogP contribution in [0.2, 0.25) is 0 Å². The zero-order chi connectivity index (χ0) is 25.8. The van der Waals surface area contributed by atoms with Gasteiger partial charge in [-0.25, -0.2) is 0 Å². The van der Waals surface area contributed by atoms with Crippen molar-refractivity contribution in [3.8, 4) is 0 Å². The largest absolute Gasteiger partial charge is 0.423 e. The molecule has 0 saturated carbocycles. The Bertz CT molecular complexity index is 1640. The Morgan fingerprint density at radius 2 is 1.19 bits per heavy atom. The van der Waals surface area contributed by atoms with Crippen molar-refractivity contribution in [3.63, 3.8) is 0 Å². The van der Waals surface area contributed by atoms with Crippen LogP contribution in [0.25, 0.3) is 22.2 Å². The van der Waals surface area contributed by atoms with E-state index in [1.54, 1.807) is 7.05 Å². The number of nitrogens with one attached hydrogen (secondary N) is 3. The molecule has 0 saturated heterocycles. The predicted molar refractivity (Wildman–Crippen MR) is 135 cm³/mol. The number of alkyl halides is 1. The van der Waals surface area contributed by atoms with E-state index in [0.717, 1.165) is 22.2 Å². The first kappa shape index (κ1) is 24.2. The number of aryl methyl sites for hydroxylation is 2. The van der Waals surface area contributed by atoms with Gasteiger partial charge in [0.05, 0.1) is 6.54 Å². The van der Waals surface area contributed by atoms with Gasteiger partial charge in [-0.15, -0.1) is 21.8 Å². The summed E-state index contributed by atoms with van der Waals surface area (Å²) in [6.07, 6.45) is 0. The Labute approximate surface area is 214 Å². The fraction of sp³-hybridized carbons (Fsp3) is 0.217. The van der Waals surface area contributed by atoms with Crippen LogP contribution in [0.3, 0.4) is 0 Å². The standard InChI is InChI=1S/C12H13N5O2.C11H9ClN4O2/c1-7-3-4-9-8(5-7)14-11(18-9)15-12-17-16-10(19-12)6-13-2;1-6-2-3-8-7(4-6)13-10(17-8)14-11-16-15-9(5-12)18-11/h3-5,13H,6H2,1-2H3,(H,14,15,17);2-4H,5H2,1H3,(H,13,14,16). The van der Waals surface area contributed by atoms with Gasteiger partial charge in [0.1, 0.15) is 16.9 Å². The summed E-state index contributed by atoms with van der Waals surface area (Å²) in [6.45, 7) is 4.51. The molecule has 4 aromatic heterocycles. The van der Waals surface area contributed by atoms with Crippen molar-refractivity contribution in [1.82, 2.24) is 35.7 Å². The van der Waals surface area contributed by atoms with Crippen LogP contribution in [0.1, 0.15) is 22.9 Å². The molecule has 0 spiro atoms. The third-order valence-corrected chi connectivity index (χ3v) is 5.12. The monoisotopic (exact) mass is 523 g/mol. The van der Waals surface area contributed by atoms with Gasteiger partial charge in [-0.1, -0.05) is 22.3 Å². The summed E-state index contributed by atoms with van der Waals surface area (Å²) in [5.74, 6) is 1.00. The van der Waals surface area contributed by atoms with Crippen LogP contribution >= 0.6 is 11.6 Å². The highest BCUT2D eigenvalue weighted by Crippen LogP contribution is 2.23. The molecule has 6 rings (SSSR count). The second-order valence-corrected chi connectivity index (χ2v) is 8.16. The minimum absolute atomic E-state index is 0.168. The molecule has 0 aliphatic carbocycles. The number of rotatable bonds is 7. The number of nitrogens with zero attached hydrogens (tertiary/aromatic N) is 6. The van der Waals surface area contributed by atoms with E-state index in [1.165, 1.54) is 0 Å². The predicted octanol–water partition coefficient (Wildman–Crippen LogP) is 4.98. The zero-order valence-corrected chi connectivity index (χ0v) is 20.8. The van der Waals surface area contributed by atoms with E-state index in [-0.39, 0.29) is 17.9 Å². The highest BCUT2D eigenvalue weighted by molar-refractivity contribution is 6.16. The SMILES string of the molecule is CNCc1nnc(Nc2nc3cc(C)ccc3o2)o1.Cc1ccc2oc(Nc3nnc(CCl)o3)nc2c1. The summed E-state index contributed by atoms with van der Waals surface area (Å²) >= 11 is 5.56. The maximum Gasteiger partial charge on any atom is 0.323 e. The lowest BCUT2D eigenvalue weighted by Crippen LogP contribution is -2.04. The van der Waals surface area contributed by atoms with E-state index in [0.29, 0.717) is 41.5 Å². The highest BCUT2D eigenvalue weighted by atomic mass is 35.5. The van der Waals surface area contributed by atoms with E-state index >= 15 is 0 Å². The summed E-state index contributed by atoms with van der Waals surface area (Å²) in [5, 5.41) is 23.7. The summed E-state index contributed by atoms with van der Waals surface area (Å²) in [5.41, 5.74) is 5.21. The summed E-state index contributed by atoms with van der Waals surface area (Å²) < 4.78 is 21.6. The maximum atomic E-state index is 5.56. The number of aromatic nitrogens is 6. The van der Waals surface area contributed by atoms with Crippen molar-refractivity contribution >= 4 is 57.9 Å². The van der Waals surface area contributed by atoms with Crippen molar-refractivity contribution in [2.75, 3.05) is 17.7 Å². The van der Waals surface area contributed by atoms with Crippen LogP contribution in [-0.4, -0.2) is 37.4 Å². The van der Waals surface area contributed by atoms with Gasteiger partial charge >= 0.3 is 24.1 Å². The molecule has 0 aliphatic heterocycles. The van der Waals surface area contributed by atoms with Crippen LogP contribution in [0.15, 0.2) is 54.1 Å². The van der Waals surface area contributed by atoms with Crippen molar-refractivity contribution in [3.05, 3.63) is 59.3 Å². The average Bonchev–Trinajstić information content (AvgIpc) is 3.66. The Hall–Kier alpha value is -4.49. The van der Waals surface area contributed by atoms with Gasteiger partial charge in [-0.2, -0.15) is 9.97 Å². The minimum Gasteiger partial charge on any atom is -0.423 e. The van der Waals surface area contributed by atoms with Crippen molar-refractivity contribution in [2.45, 2.75) is 26.3 Å². The molecule has 0 amide bonds. The van der Waals surface area contributed by atoms with Crippen molar-refractivity contribution < 1.29 is 17.7 Å². The Kier molecular flexibility index (Phi) is 6.96. The Morgan fingerprint density at radius 3 is 1.68 bits per heavy atom. The number of anilines is 4. The van der Waals surface area contributed by atoms with Gasteiger partial charge in [-0.05, 0) is 56.3 Å². The van der Waals surface area contributed by atoms with Gasteiger partial charge in [0.15, 0.2) is 11.2 Å². The molecular formula is C23H22ClN9O4. The van der Waals surface area contributed by atoms with Gasteiger partial charge < -0.3 is 23.0 Å². The number of benzene rings is 2. The number of halogens is 1. The fourth-order valence-corrected chi connectivity index (χ4v) is 3.36. The Morgan fingerprint density at radius 1 is 0.676 bits per heavy atom. The molecule has 6 aromatic rings. The fourth-order valence-electron chi connectivity index (χ4n) is 3.25. The molecule has 0 radical (unpaired) electrons. The summed E-state index contributed by atoms with van der Waals surface area (Å²) in [4.78, 5) is 8.57. The van der Waals surface area contributed by atoms with E-state index < -0.39 is 0 Å². The van der Waals surface area contributed by atoms with Crippen LogP contribution in [0.4, 0.5) is 24.1 Å². The average molecular weight is 524 g/mol. The van der Waals surface area contributed by atoms with E-state index in [1.807, 2.05) is 50.2 Å². The van der Waals surface area contributed by atoms with E-state index in [4.69, 9.17) is 29.3 Å². The number of hydrogen-bond donors (Lipinski definition) is 3. The van der Waals surface area contributed by atoms with Crippen molar-refractivity contribution in [1.29, 1.82) is 0 Å². The first-order chi connectivity index (χ1) is 18.0. The van der Waals surface area contributed by atoms with Gasteiger partial charge in [0.25, 0.3) is 0 Å². The topological polar surface area (TPSA) is 166 Å². The summed E-state index contributed by atoms with van der Waals surface area (Å²) in [7, 11) is 1.81. The molecule has 0 fully saturated rings. The third-order valence-electron chi connectivity index (χ3n) is 4.89. The number of oxazole rings is 2. The second kappa shape index (κ2) is 10.6. The van der Waals surface area contributed by atoms with Crippen LogP contribution in [-0.2, 0) is 12.4 Å². The third kappa shape index (κ3) is 5.85. The van der Waals surface area contributed by atoms with E-state index in [9.17, 15) is 0 Å². The van der Waals surface area contributed by atoms with Crippen LogP contribution in [0.5, 0.6) is 0 Å². The first-order valence-electron chi connectivity index (χ1n) is 11.1. The molecule has 0 unspecified atom stereocenters. The smallest absolute Gasteiger partial charge is 0.323 e. The molecule has 13 nitrogen and oxygen atoms in total. The van der Waals surface area contributed by atoms with Gasteiger partial charge in [0.2, 0.25) is 11.8 Å². The molecule has 3 N–H and O–H groups in total. The van der Waals surface area contributed by atoms with Gasteiger partial charge in [0, 0.05) is 0 Å². The quantitative estimate of drug-likeness (QED) is 0.240. The maximum absolute atomic E-state index is 5.56. The zero-order valence-electron chi connectivity index (χ0n) is 20.1. The molecule has 190 valence electrons. The molecule has 37 heavy (non-hydrogen) atoms. The lowest BCUT2D eigenvalue weighted by atomic mass is 10.2. The molecule has 0 bridgehead atoms. The number of fused-ring (bicyclic) bond motifs is 2. The molecular weight excluding hydrogens is 502 g/mol. The molecule has 0 aliphatic rings. The molecule has 14 heteroatoms. The van der Waals surface area contributed by atoms with Crippen molar-refractivity contribution in [2.24, 2.45) is 0 Å². The minimum atomic E-state index is 0.168. The van der Waals surface area contributed by atoms with E-state index in [2.05, 4.69) is 46.3 Å². The molecule has 4 heterocycles. The lowest BCUT2D eigenvalue weighted by Gasteiger charge is -1.92. The first-order valence-corrected chi connectivity index (χ1v) is 11.7. The van der Waals surface area contributed by atoms with Crippen LogP contribution in [0, 0.1) is 13.8 Å². The lowest BCUT2D eigenvalue weighted by molar-refractivity contribution is 0.489. The van der Waals surface area contributed by atoms with Crippen LogP contribution < -0.4 is 16.0 Å². The van der Waals surface area contributed by atoms with Gasteiger partial charge in [-0.3, -0.25) is 10.6 Å². The number of hydrogen-bond acceptors (Lipinski definition) is 13. The molecule has 2 aromatic carbocycles. The Balaban J connectivity index is 0.000000152. The summed E-state index contributed by atoms with van der Waals surface area (Å²) in [6, 6.07) is 12.6. The normalized spacial score (nSPS) is 11.0. The second-order valence-electron chi connectivity index (χ2n) is 7.90.